The Labute approximate surface area is 126 Å². The van der Waals surface area contributed by atoms with Gasteiger partial charge >= 0.3 is 0 Å². The van der Waals surface area contributed by atoms with Gasteiger partial charge in [0.1, 0.15) is 0 Å². The normalized spacial score (nSPS) is 13.9. The fourth-order valence-corrected chi connectivity index (χ4v) is 4.85. The van der Waals surface area contributed by atoms with E-state index in [0.717, 1.165) is 10.9 Å². The lowest BCUT2D eigenvalue weighted by atomic mass is 10.2. The molecule has 0 unspecified atom stereocenters. The van der Waals surface area contributed by atoms with Crippen molar-refractivity contribution in [1.29, 1.82) is 0 Å². The first-order chi connectivity index (χ1) is 8.94. The number of aromatic nitrogens is 1. The molecule has 0 fully saturated rings. The number of hydrogen-bond donors (Lipinski definition) is 0. The molecule has 0 aliphatic heterocycles. The van der Waals surface area contributed by atoms with Crippen molar-refractivity contribution in [2.45, 2.75) is 43.8 Å². The van der Waals surface area contributed by atoms with E-state index >= 15 is 0 Å². The molecular weight excluding hydrogens is 310 g/mol. The maximum absolute atomic E-state index is 11.5. The summed E-state index contributed by atoms with van der Waals surface area (Å²) in [7, 11) is -0.0353. The zero-order chi connectivity index (χ0) is 15.3. The lowest BCUT2D eigenvalue weighted by molar-refractivity contribution is 0.609. The van der Waals surface area contributed by atoms with Gasteiger partial charge in [0.15, 0.2) is 8.24 Å². The summed E-state index contributed by atoms with van der Waals surface area (Å²) < 4.78 is 25.3. The minimum Gasteiger partial charge on any atom is -0.374 e. The molecule has 6 heteroatoms. The van der Waals surface area contributed by atoms with Crippen LogP contribution >= 0.6 is 10.7 Å². The fraction of sp³-hybridized carbons (Fsp3) is 0.429. The minimum absolute atomic E-state index is 0.158. The summed E-state index contributed by atoms with van der Waals surface area (Å²) in [6.07, 6.45) is 2.06. The van der Waals surface area contributed by atoms with Crippen molar-refractivity contribution in [3.63, 3.8) is 0 Å². The molecule has 0 aliphatic rings. The third kappa shape index (κ3) is 2.54. The smallest absolute Gasteiger partial charge is 0.261 e. The van der Waals surface area contributed by atoms with Gasteiger partial charge in [0, 0.05) is 16.2 Å². The van der Waals surface area contributed by atoms with Crippen molar-refractivity contribution in [1.82, 2.24) is 4.23 Å². The van der Waals surface area contributed by atoms with Crippen LogP contribution in [-0.4, -0.2) is 20.9 Å². The van der Waals surface area contributed by atoms with Crippen molar-refractivity contribution in [3.05, 3.63) is 30.5 Å². The van der Waals surface area contributed by atoms with Crippen LogP contribution in [0.4, 0.5) is 0 Å². The van der Waals surface area contributed by atoms with Crippen LogP contribution in [0.15, 0.2) is 35.4 Å². The van der Waals surface area contributed by atoms with Gasteiger partial charge in [-0.2, -0.15) is 0 Å². The number of nitrogens with zero attached hydrogens (tertiary/aromatic N) is 1. The maximum atomic E-state index is 11.5. The Morgan fingerprint density at radius 1 is 1.15 bits per heavy atom. The predicted molar refractivity (Wildman–Crippen MR) is 87.6 cm³/mol. The summed E-state index contributed by atoms with van der Waals surface area (Å²) in [5, 5.41) is 1.20. The van der Waals surface area contributed by atoms with Crippen molar-refractivity contribution in [2.24, 2.45) is 0 Å². The van der Waals surface area contributed by atoms with Crippen LogP contribution < -0.4 is 0 Å². The molecule has 0 atom stereocenters. The molecule has 1 aromatic heterocycles. The van der Waals surface area contributed by atoms with Crippen LogP contribution in [0.3, 0.4) is 0 Å². The second-order valence-electron chi connectivity index (χ2n) is 6.65. The molecule has 0 spiro atoms. The van der Waals surface area contributed by atoms with Gasteiger partial charge in [-0.1, -0.05) is 39.9 Å². The fourth-order valence-electron chi connectivity index (χ4n) is 2.11. The average molecular weight is 330 g/mol. The van der Waals surface area contributed by atoms with E-state index < -0.39 is 17.3 Å². The molecule has 0 aliphatic carbocycles. The van der Waals surface area contributed by atoms with Crippen LogP contribution in [-0.2, 0) is 9.05 Å². The van der Waals surface area contributed by atoms with Crippen molar-refractivity contribution in [3.8, 4) is 0 Å². The summed E-state index contributed by atoms with van der Waals surface area (Å²) in [4.78, 5) is 0.158. The van der Waals surface area contributed by atoms with E-state index in [1.807, 2.05) is 12.1 Å². The first-order valence-corrected chi connectivity index (χ1v) is 11.8. The van der Waals surface area contributed by atoms with Gasteiger partial charge in [-0.3, -0.25) is 0 Å². The number of fused-ring (bicyclic) bond motifs is 1. The highest BCUT2D eigenvalue weighted by Crippen LogP contribution is 2.39. The molecule has 1 heterocycles. The Hall–Kier alpha value is -0.783. The topological polar surface area (TPSA) is 39.1 Å². The van der Waals surface area contributed by atoms with Crippen LogP contribution in [0.25, 0.3) is 10.9 Å². The Kier molecular flexibility index (Phi) is 3.60. The molecule has 110 valence electrons. The van der Waals surface area contributed by atoms with Crippen molar-refractivity contribution < 1.29 is 8.42 Å². The number of benzene rings is 1. The Bertz CT molecular complexity index is 757. The molecule has 20 heavy (non-hydrogen) atoms. The first kappa shape index (κ1) is 15.6. The molecule has 3 nitrogen and oxygen atoms in total. The second-order valence-corrected chi connectivity index (χ2v) is 14.3. The second kappa shape index (κ2) is 4.61. The van der Waals surface area contributed by atoms with Gasteiger partial charge < -0.3 is 4.23 Å². The van der Waals surface area contributed by atoms with Crippen LogP contribution in [0, 0.1) is 0 Å². The Morgan fingerprint density at radius 2 is 1.75 bits per heavy atom. The van der Waals surface area contributed by atoms with Gasteiger partial charge in [-0.15, -0.1) is 0 Å². The highest BCUT2D eigenvalue weighted by molar-refractivity contribution is 8.13. The minimum atomic E-state index is -3.70. The lowest BCUT2D eigenvalue weighted by Gasteiger charge is -2.38. The third-order valence-corrected chi connectivity index (χ3v) is 11.0. The summed E-state index contributed by atoms with van der Waals surface area (Å²) in [5.74, 6) is 0. The summed E-state index contributed by atoms with van der Waals surface area (Å²) in [6, 6.07) is 7.08. The number of hydrogen-bond acceptors (Lipinski definition) is 2. The quantitative estimate of drug-likeness (QED) is 0.604. The van der Waals surface area contributed by atoms with Crippen LogP contribution in [0.5, 0.6) is 0 Å². The van der Waals surface area contributed by atoms with E-state index in [0.29, 0.717) is 0 Å². The van der Waals surface area contributed by atoms with Gasteiger partial charge in [-0.05, 0) is 34.8 Å². The van der Waals surface area contributed by atoms with Crippen LogP contribution in [0.1, 0.15) is 20.8 Å². The largest absolute Gasteiger partial charge is 0.374 e. The van der Waals surface area contributed by atoms with Gasteiger partial charge in [0.05, 0.1) is 4.90 Å². The van der Waals surface area contributed by atoms with Crippen molar-refractivity contribution in [2.75, 3.05) is 0 Å². The van der Waals surface area contributed by atoms with E-state index in [9.17, 15) is 8.42 Å². The molecule has 0 amide bonds. The SMILES string of the molecule is CC(C)(C)[Si](C)(C)n1ccc2ccc(S(=O)(=O)Cl)cc21. The van der Waals surface area contributed by atoms with E-state index in [-0.39, 0.29) is 9.93 Å². The zero-order valence-corrected chi connectivity index (χ0v) is 15.0. The Morgan fingerprint density at radius 3 is 2.25 bits per heavy atom. The maximum Gasteiger partial charge on any atom is 0.261 e. The molecule has 2 rings (SSSR count). The third-order valence-electron chi connectivity index (χ3n) is 4.38. The molecule has 0 saturated carbocycles. The van der Waals surface area contributed by atoms with Crippen molar-refractivity contribution >= 4 is 38.9 Å². The highest BCUT2D eigenvalue weighted by Gasteiger charge is 2.38. The predicted octanol–water partition coefficient (Wildman–Crippen LogP) is 4.42. The molecule has 0 saturated heterocycles. The zero-order valence-electron chi connectivity index (χ0n) is 12.4. The summed E-state index contributed by atoms with van der Waals surface area (Å²) in [6.45, 7) is 11.3. The number of halogens is 1. The first-order valence-electron chi connectivity index (χ1n) is 6.51. The van der Waals surface area contributed by atoms with Gasteiger partial charge in [0.2, 0.25) is 0 Å². The number of rotatable bonds is 2. The van der Waals surface area contributed by atoms with Gasteiger partial charge in [0.25, 0.3) is 9.05 Å². The summed E-state index contributed by atoms with van der Waals surface area (Å²) >= 11 is 0. The summed E-state index contributed by atoms with van der Waals surface area (Å²) in [5.41, 5.74) is 0.943. The standard InChI is InChI=1S/C14H20ClNO2SSi/c1-14(2,3)20(4,5)16-9-8-11-6-7-12(10-13(11)16)19(15,17)18/h6-10H,1-5H3. The van der Waals surface area contributed by atoms with E-state index in [1.54, 1.807) is 12.1 Å². The van der Waals surface area contributed by atoms with E-state index in [1.165, 1.54) is 0 Å². The monoisotopic (exact) mass is 329 g/mol. The molecule has 0 N–H and O–H groups in total. The molecule has 0 bridgehead atoms. The molecule has 1 aromatic carbocycles. The molecule has 2 aromatic rings. The molecular formula is C14H20ClNO2SSi. The van der Waals surface area contributed by atoms with E-state index in [2.05, 4.69) is 44.3 Å². The van der Waals surface area contributed by atoms with Crippen LogP contribution in [0.2, 0.25) is 18.1 Å². The molecule has 0 radical (unpaired) electrons. The van der Waals surface area contributed by atoms with E-state index in [4.69, 9.17) is 10.7 Å². The Balaban J connectivity index is 2.74. The lowest BCUT2D eigenvalue weighted by Crippen LogP contribution is -2.44. The average Bonchev–Trinajstić information content (AvgIpc) is 2.68. The van der Waals surface area contributed by atoms with Gasteiger partial charge in [-0.25, -0.2) is 8.42 Å². The highest BCUT2D eigenvalue weighted by atomic mass is 35.7.